The molecule has 5 heteroatoms. The summed E-state index contributed by atoms with van der Waals surface area (Å²) in [6.07, 6.45) is 1.26. The van der Waals surface area contributed by atoms with Crippen LogP contribution >= 0.6 is 11.6 Å². The summed E-state index contributed by atoms with van der Waals surface area (Å²) in [5.41, 5.74) is 2.15. The molecule has 1 fully saturated rings. The molecule has 0 radical (unpaired) electrons. The third-order valence-corrected chi connectivity index (χ3v) is 4.18. The fourth-order valence-corrected chi connectivity index (χ4v) is 2.75. The van der Waals surface area contributed by atoms with E-state index in [0.29, 0.717) is 5.15 Å². The highest BCUT2D eigenvalue weighted by atomic mass is 35.5. The normalized spacial score (nSPS) is 20.4. The second kappa shape index (κ2) is 5.41. The molecule has 0 saturated carbocycles. The number of anilines is 1. The van der Waals surface area contributed by atoms with Crippen molar-refractivity contribution in [3.8, 4) is 0 Å². The van der Waals surface area contributed by atoms with E-state index in [-0.39, 0.29) is 0 Å². The summed E-state index contributed by atoms with van der Waals surface area (Å²) in [5.74, 6) is 1.67. The minimum absolute atomic E-state index is 0.505. The minimum atomic E-state index is 0.505. The predicted octanol–water partition coefficient (Wildman–Crippen LogP) is 2.13. The van der Waals surface area contributed by atoms with E-state index in [9.17, 15) is 0 Å². The van der Waals surface area contributed by atoms with Crippen LogP contribution in [0.5, 0.6) is 0 Å². The SMILES string of the molecule is Cc1c(Cl)nnc(N(C)CC2CCN(C)C2)c1C. The summed E-state index contributed by atoms with van der Waals surface area (Å²) in [4.78, 5) is 4.58. The van der Waals surface area contributed by atoms with Crippen LogP contribution in [-0.2, 0) is 0 Å². The average Bonchev–Trinajstić information content (AvgIpc) is 2.71. The zero-order valence-electron chi connectivity index (χ0n) is 11.6. The molecule has 1 atom stereocenters. The van der Waals surface area contributed by atoms with Gasteiger partial charge in [0, 0.05) is 20.1 Å². The van der Waals surface area contributed by atoms with Crippen LogP contribution in [0.15, 0.2) is 0 Å². The maximum Gasteiger partial charge on any atom is 0.155 e. The van der Waals surface area contributed by atoms with E-state index in [4.69, 9.17) is 11.6 Å². The molecule has 0 spiro atoms. The largest absolute Gasteiger partial charge is 0.358 e. The van der Waals surface area contributed by atoms with Crippen LogP contribution < -0.4 is 4.90 Å². The predicted molar refractivity (Wildman–Crippen MR) is 75.4 cm³/mol. The quantitative estimate of drug-likeness (QED) is 0.841. The molecule has 1 aromatic rings. The summed E-state index contributed by atoms with van der Waals surface area (Å²) in [6.45, 7) is 7.45. The van der Waals surface area contributed by atoms with Gasteiger partial charge in [0.1, 0.15) is 0 Å². The number of likely N-dealkylation sites (tertiary alicyclic amines) is 1. The lowest BCUT2D eigenvalue weighted by Crippen LogP contribution is -2.28. The Labute approximate surface area is 114 Å². The highest BCUT2D eigenvalue weighted by Crippen LogP contribution is 2.24. The lowest BCUT2D eigenvalue weighted by Gasteiger charge is -2.23. The molecule has 18 heavy (non-hydrogen) atoms. The van der Waals surface area contributed by atoms with Crippen molar-refractivity contribution in [3.05, 3.63) is 16.3 Å². The molecule has 0 bridgehead atoms. The lowest BCUT2D eigenvalue weighted by atomic mass is 10.1. The average molecular weight is 269 g/mol. The molecule has 1 aromatic heterocycles. The maximum absolute atomic E-state index is 5.98. The van der Waals surface area contributed by atoms with Gasteiger partial charge in [0.2, 0.25) is 0 Å². The van der Waals surface area contributed by atoms with Crippen molar-refractivity contribution in [2.24, 2.45) is 5.92 Å². The second-order valence-corrected chi connectivity index (χ2v) is 5.72. The van der Waals surface area contributed by atoms with Gasteiger partial charge in [-0.1, -0.05) is 11.6 Å². The van der Waals surface area contributed by atoms with Gasteiger partial charge in [-0.05, 0) is 50.9 Å². The molecule has 100 valence electrons. The van der Waals surface area contributed by atoms with Gasteiger partial charge in [-0.3, -0.25) is 0 Å². The van der Waals surface area contributed by atoms with Crippen LogP contribution in [0.3, 0.4) is 0 Å². The molecule has 0 aliphatic carbocycles. The number of nitrogens with zero attached hydrogens (tertiary/aromatic N) is 4. The minimum Gasteiger partial charge on any atom is -0.358 e. The Balaban J connectivity index is 2.09. The van der Waals surface area contributed by atoms with Gasteiger partial charge in [0.05, 0.1) is 0 Å². The number of hydrogen-bond donors (Lipinski definition) is 0. The molecular formula is C13H21ClN4. The second-order valence-electron chi connectivity index (χ2n) is 5.36. The van der Waals surface area contributed by atoms with E-state index < -0.39 is 0 Å². The Kier molecular flexibility index (Phi) is 4.07. The molecule has 2 heterocycles. The standard InChI is InChI=1S/C13H21ClN4/c1-9-10(2)13(16-15-12(9)14)18(4)8-11-5-6-17(3)7-11/h11H,5-8H2,1-4H3. The topological polar surface area (TPSA) is 32.3 Å². The van der Waals surface area contributed by atoms with Gasteiger partial charge in [0.25, 0.3) is 0 Å². The van der Waals surface area contributed by atoms with Crippen LogP contribution in [0, 0.1) is 19.8 Å². The highest BCUT2D eigenvalue weighted by Gasteiger charge is 2.22. The Morgan fingerprint density at radius 1 is 1.33 bits per heavy atom. The summed E-state index contributed by atoms with van der Waals surface area (Å²) < 4.78 is 0. The first-order chi connectivity index (χ1) is 8.49. The first-order valence-corrected chi connectivity index (χ1v) is 6.76. The smallest absolute Gasteiger partial charge is 0.155 e. The summed E-state index contributed by atoms with van der Waals surface area (Å²) in [7, 11) is 4.26. The van der Waals surface area contributed by atoms with Gasteiger partial charge >= 0.3 is 0 Å². The van der Waals surface area contributed by atoms with E-state index in [1.54, 1.807) is 0 Å². The third kappa shape index (κ3) is 2.75. The summed E-state index contributed by atoms with van der Waals surface area (Å²) >= 11 is 5.98. The van der Waals surface area contributed by atoms with Crippen LogP contribution in [0.25, 0.3) is 0 Å². The highest BCUT2D eigenvalue weighted by molar-refractivity contribution is 6.30. The molecule has 1 aliphatic rings. The van der Waals surface area contributed by atoms with Crippen molar-refractivity contribution in [3.63, 3.8) is 0 Å². The fraction of sp³-hybridized carbons (Fsp3) is 0.692. The van der Waals surface area contributed by atoms with Crippen LogP contribution in [0.1, 0.15) is 17.5 Å². The Bertz CT molecular complexity index is 435. The molecule has 1 aliphatic heterocycles. The van der Waals surface area contributed by atoms with Gasteiger partial charge in [-0.25, -0.2) is 0 Å². The lowest BCUT2D eigenvalue weighted by molar-refractivity contribution is 0.395. The van der Waals surface area contributed by atoms with E-state index in [1.807, 2.05) is 6.92 Å². The molecule has 0 amide bonds. The van der Waals surface area contributed by atoms with Crippen LogP contribution in [0.4, 0.5) is 5.82 Å². The molecule has 0 aromatic carbocycles. The molecular weight excluding hydrogens is 248 g/mol. The monoisotopic (exact) mass is 268 g/mol. The zero-order valence-corrected chi connectivity index (χ0v) is 12.3. The molecule has 2 rings (SSSR count). The van der Waals surface area contributed by atoms with Crippen LogP contribution in [0.2, 0.25) is 5.15 Å². The van der Waals surface area contributed by atoms with E-state index in [2.05, 4.69) is 41.0 Å². The van der Waals surface area contributed by atoms with E-state index >= 15 is 0 Å². The maximum atomic E-state index is 5.98. The van der Waals surface area contributed by atoms with Crippen LogP contribution in [-0.4, -0.2) is 48.8 Å². The van der Waals surface area contributed by atoms with Crippen molar-refractivity contribution in [2.75, 3.05) is 38.6 Å². The molecule has 0 N–H and O–H groups in total. The van der Waals surface area contributed by atoms with E-state index in [1.165, 1.54) is 19.5 Å². The van der Waals surface area contributed by atoms with Gasteiger partial charge in [0.15, 0.2) is 11.0 Å². The van der Waals surface area contributed by atoms with Gasteiger partial charge in [-0.2, -0.15) is 0 Å². The van der Waals surface area contributed by atoms with Gasteiger partial charge < -0.3 is 9.80 Å². The first-order valence-electron chi connectivity index (χ1n) is 6.38. The van der Waals surface area contributed by atoms with Crippen molar-refractivity contribution >= 4 is 17.4 Å². The first kappa shape index (κ1) is 13.6. The fourth-order valence-electron chi connectivity index (χ4n) is 2.58. The summed E-state index contributed by atoms with van der Waals surface area (Å²) in [5, 5.41) is 8.75. The Hall–Kier alpha value is -0.870. The Morgan fingerprint density at radius 3 is 2.67 bits per heavy atom. The third-order valence-electron chi connectivity index (χ3n) is 3.82. The number of halogens is 1. The zero-order chi connectivity index (χ0) is 13.3. The van der Waals surface area contributed by atoms with Gasteiger partial charge in [-0.15, -0.1) is 10.2 Å². The number of rotatable bonds is 3. The molecule has 1 unspecified atom stereocenters. The number of hydrogen-bond acceptors (Lipinski definition) is 4. The van der Waals surface area contributed by atoms with Crippen molar-refractivity contribution in [1.29, 1.82) is 0 Å². The molecule has 1 saturated heterocycles. The van der Waals surface area contributed by atoms with Crippen molar-refractivity contribution < 1.29 is 0 Å². The number of aromatic nitrogens is 2. The van der Waals surface area contributed by atoms with E-state index in [0.717, 1.165) is 29.4 Å². The Morgan fingerprint density at radius 2 is 2.06 bits per heavy atom. The molecule has 4 nitrogen and oxygen atoms in total. The van der Waals surface area contributed by atoms with Crippen molar-refractivity contribution in [1.82, 2.24) is 15.1 Å². The summed E-state index contributed by atoms with van der Waals surface area (Å²) in [6, 6.07) is 0. The van der Waals surface area contributed by atoms with Crippen molar-refractivity contribution in [2.45, 2.75) is 20.3 Å².